The maximum atomic E-state index is 9.13. The lowest BCUT2D eigenvalue weighted by molar-refractivity contribution is 1.32. The fourth-order valence-corrected chi connectivity index (χ4v) is 2.49. The minimum Gasteiger partial charge on any atom is -0.365 e. The van der Waals surface area contributed by atoms with Gasteiger partial charge in [0.25, 0.3) is 0 Å². The van der Waals surface area contributed by atoms with E-state index in [9.17, 15) is 0 Å². The van der Waals surface area contributed by atoms with Crippen molar-refractivity contribution in [2.75, 3.05) is 12.4 Å². The maximum Gasteiger partial charge on any atom is 0.184 e. The van der Waals surface area contributed by atoms with Gasteiger partial charge in [0.2, 0.25) is 0 Å². The third kappa shape index (κ3) is 2.15. The first-order chi connectivity index (χ1) is 8.15. The third-order valence-corrected chi connectivity index (χ3v) is 3.56. The van der Waals surface area contributed by atoms with Crippen LogP contribution in [0.3, 0.4) is 0 Å². The first-order valence-electron chi connectivity index (χ1n) is 5.32. The lowest BCUT2D eigenvalue weighted by atomic mass is 10.0. The molecule has 0 amide bonds. The average molecular weight is 243 g/mol. The molecule has 2 aromatic rings. The fraction of sp³-hybridized carbons (Fsp3) is 0.231. The van der Waals surface area contributed by atoms with Gasteiger partial charge in [-0.2, -0.15) is 5.26 Å². The van der Waals surface area contributed by atoms with E-state index in [2.05, 4.69) is 29.4 Å². The van der Waals surface area contributed by atoms with Gasteiger partial charge in [-0.25, -0.2) is 4.98 Å². The normalized spacial score (nSPS) is 10.0. The van der Waals surface area contributed by atoms with E-state index >= 15 is 0 Å². The van der Waals surface area contributed by atoms with Crippen molar-refractivity contribution < 1.29 is 0 Å². The van der Waals surface area contributed by atoms with E-state index in [1.54, 1.807) is 0 Å². The summed E-state index contributed by atoms with van der Waals surface area (Å²) in [4.78, 5) is 5.10. The van der Waals surface area contributed by atoms with Crippen LogP contribution in [-0.4, -0.2) is 12.0 Å². The van der Waals surface area contributed by atoms with Gasteiger partial charge in [-0.3, -0.25) is 0 Å². The molecule has 0 spiro atoms. The highest BCUT2D eigenvalue weighted by Gasteiger charge is 2.13. The molecule has 0 aliphatic carbocycles. The molecule has 0 fully saturated rings. The van der Waals surface area contributed by atoms with Crippen LogP contribution >= 0.6 is 11.3 Å². The number of aromatic nitrogens is 1. The van der Waals surface area contributed by atoms with Gasteiger partial charge >= 0.3 is 0 Å². The van der Waals surface area contributed by atoms with Gasteiger partial charge in [-0.05, 0) is 19.4 Å². The molecule has 0 aliphatic rings. The van der Waals surface area contributed by atoms with E-state index in [0.29, 0.717) is 4.88 Å². The molecule has 1 aromatic heterocycles. The van der Waals surface area contributed by atoms with Crippen molar-refractivity contribution in [2.45, 2.75) is 13.8 Å². The number of nitriles is 1. The zero-order chi connectivity index (χ0) is 12.4. The number of hydrogen-bond acceptors (Lipinski definition) is 4. The van der Waals surface area contributed by atoms with Crippen molar-refractivity contribution in [2.24, 2.45) is 0 Å². The monoisotopic (exact) mass is 243 g/mol. The van der Waals surface area contributed by atoms with Gasteiger partial charge in [-0.15, -0.1) is 0 Å². The second kappa shape index (κ2) is 4.56. The van der Waals surface area contributed by atoms with Crippen molar-refractivity contribution >= 4 is 16.5 Å². The Labute approximate surface area is 105 Å². The highest BCUT2D eigenvalue weighted by atomic mass is 32.1. The van der Waals surface area contributed by atoms with E-state index in [0.717, 1.165) is 22.0 Å². The minimum absolute atomic E-state index is 0.654. The Morgan fingerprint density at radius 2 is 2.12 bits per heavy atom. The van der Waals surface area contributed by atoms with E-state index in [1.807, 2.05) is 26.1 Å². The predicted octanol–water partition coefficient (Wildman–Crippen LogP) is 3.34. The predicted molar refractivity (Wildman–Crippen MR) is 71.3 cm³/mol. The quantitative estimate of drug-likeness (QED) is 0.880. The van der Waals surface area contributed by atoms with Gasteiger partial charge in [-0.1, -0.05) is 35.1 Å². The van der Waals surface area contributed by atoms with Crippen LogP contribution in [0.4, 0.5) is 5.13 Å². The van der Waals surface area contributed by atoms with Gasteiger partial charge in [0, 0.05) is 12.6 Å². The highest BCUT2D eigenvalue weighted by molar-refractivity contribution is 7.16. The summed E-state index contributed by atoms with van der Waals surface area (Å²) in [7, 11) is 1.81. The maximum absolute atomic E-state index is 9.13. The van der Waals surface area contributed by atoms with E-state index < -0.39 is 0 Å². The molecular weight excluding hydrogens is 230 g/mol. The number of aryl methyl sites for hydroxylation is 2. The fourth-order valence-electron chi connectivity index (χ4n) is 1.76. The Balaban J connectivity index is 2.60. The number of nitrogens with one attached hydrogen (secondary N) is 1. The van der Waals surface area contributed by atoms with E-state index in [1.165, 1.54) is 16.9 Å². The summed E-state index contributed by atoms with van der Waals surface area (Å²) in [5, 5.41) is 12.9. The Bertz CT molecular complexity index is 593. The Hall–Kier alpha value is -1.86. The number of nitrogens with zero attached hydrogens (tertiary/aromatic N) is 2. The molecular formula is C13H13N3S. The van der Waals surface area contributed by atoms with Crippen LogP contribution in [0.25, 0.3) is 11.3 Å². The summed E-state index contributed by atoms with van der Waals surface area (Å²) in [6.07, 6.45) is 0. The Morgan fingerprint density at radius 1 is 1.35 bits per heavy atom. The van der Waals surface area contributed by atoms with Gasteiger partial charge in [0.15, 0.2) is 5.13 Å². The molecule has 86 valence electrons. The summed E-state index contributed by atoms with van der Waals surface area (Å²) in [6.45, 7) is 4.10. The Morgan fingerprint density at radius 3 is 2.71 bits per heavy atom. The standard InChI is InChI=1S/C13H13N3S/c1-8-4-5-10(9(2)6-8)12-11(7-14)17-13(15-3)16-12/h4-6H,1-3H3,(H,15,16). The van der Waals surface area contributed by atoms with Gasteiger partial charge in [0.1, 0.15) is 16.6 Å². The second-order valence-electron chi connectivity index (χ2n) is 3.88. The molecule has 2 rings (SSSR count). The first-order valence-corrected chi connectivity index (χ1v) is 6.13. The lowest BCUT2D eigenvalue weighted by Gasteiger charge is -2.04. The zero-order valence-corrected chi connectivity index (χ0v) is 10.9. The molecule has 1 heterocycles. The smallest absolute Gasteiger partial charge is 0.184 e. The summed E-state index contributed by atoms with van der Waals surface area (Å²) in [5.41, 5.74) is 4.17. The zero-order valence-electron chi connectivity index (χ0n) is 10.0. The van der Waals surface area contributed by atoms with Crippen LogP contribution in [-0.2, 0) is 0 Å². The van der Waals surface area contributed by atoms with Crippen LogP contribution in [0.5, 0.6) is 0 Å². The number of benzene rings is 1. The molecule has 0 unspecified atom stereocenters. The molecule has 0 saturated carbocycles. The summed E-state index contributed by atoms with van der Waals surface area (Å²) >= 11 is 1.38. The summed E-state index contributed by atoms with van der Waals surface area (Å²) < 4.78 is 0. The number of hydrogen-bond donors (Lipinski definition) is 1. The molecule has 0 aliphatic heterocycles. The third-order valence-electron chi connectivity index (χ3n) is 2.58. The minimum atomic E-state index is 0.654. The van der Waals surface area contributed by atoms with Crippen LogP contribution < -0.4 is 5.32 Å². The van der Waals surface area contributed by atoms with Crippen molar-refractivity contribution in [3.8, 4) is 17.3 Å². The molecule has 1 N–H and O–H groups in total. The number of anilines is 1. The molecule has 0 atom stereocenters. The van der Waals surface area contributed by atoms with E-state index in [-0.39, 0.29) is 0 Å². The topological polar surface area (TPSA) is 48.7 Å². The van der Waals surface area contributed by atoms with Crippen molar-refractivity contribution in [3.05, 3.63) is 34.2 Å². The van der Waals surface area contributed by atoms with Crippen LogP contribution in [0.2, 0.25) is 0 Å². The van der Waals surface area contributed by atoms with Crippen LogP contribution in [0, 0.1) is 25.2 Å². The molecule has 0 radical (unpaired) electrons. The molecule has 3 nitrogen and oxygen atoms in total. The SMILES string of the molecule is CNc1nc(-c2ccc(C)cc2C)c(C#N)s1. The lowest BCUT2D eigenvalue weighted by Crippen LogP contribution is -1.89. The first kappa shape index (κ1) is 11.6. The summed E-state index contributed by atoms with van der Waals surface area (Å²) in [6, 6.07) is 8.38. The molecule has 1 aromatic carbocycles. The number of rotatable bonds is 2. The average Bonchev–Trinajstić information content (AvgIpc) is 2.72. The highest BCUT2D eigenvalue weighted by Crippen LogP contribution is 2.32. The van der Waals surface area contributed by atoms with Gasteiger partial charge in [0.05, 0.1) is 0 Å². The Kier molecular flexibility index (Phi) is 3.12. The van der Waals surface area contributed by atoms with E-state index in [4.69, 9.17) is 5.26 Å². The molecule has 17 heavy (non-hydrogen) atoms. The summed E-state index contributed by atoms with van der Waals surface area (Å²) in [5.74, 6) is 0. The van der Waals surface area contributed by atoms with Crippen molar-refractivity contribution in [1.82, 2.24) is 4.98 Å². The number of thiazole rings is 1. The molecule has 4 heteroatoms. The van der Waals surface area contributed by atoms with Crippen molar-refractivity contribution in [3.63, 3.8) is 0 Å². The second-order valence-corrected chi connectivity index (χ2v) is 4.88. The van der Waals surface area contributed by atoms with Crippen LogP contribution in [0.15, 0.2) is 18.2 Å². The van der Waals surface area contributed by atoms with Gasteiger partial charge < -0.3 is 5.32 Å². The molecule has 0 saturated heterocycles. The van der Waals surface area contributed by atoms with Crippen LogP contribution in [0.1, 0.15) is 16.0 Å². The largest absolute Gasteiger partial charge is 0.365 e. The van der Waals surface area contributed by atoms with Crippen molar-refractivity contribution in [1.29, 1.82) is 5.26 Å². The molecule has 0 bridgehead atoms.